The van der Waals surface area contributed by atoms with Gasteiger partial charge in [-0.05, 0) is 38.1 Å². The van der Waals surface area contributed by atoms with Crippen LogP contribution in [0.15, 0.2) is 10.6 Å². The first-order valence-electron chi connectivity index (χ1n) is 6.76. The van der Waals surface area contributed by atoms with Gasteiger partial charge in [0.15, 0.2) is 11.5 Å². The monoisotopic (exact) mass is 266 g/mol. The summed E-state index contributed by atoms with van der Waals surface area (Å²) >= 11 is 0. The third kappa shape index (κ3) is 3.56. The van der Waals surface area contributed by atoms with Gasteiger partial charge in [0.1, 0.15) is 0 Å². The fourth-order valence-corrected chi connectivity index (χ4v) is 2.69. The van der Waals surface area contributed by atoms with Crippen LogP contribution in [-0.4, -0.2) is 34.2 Å². The average molecular weight is 266 g/mol. The number of aromatic carboxylic acids is 1. The van der Waals surface area contributed by atoms with E-state index >= 15 is 0 Å². The first-order valence-corrected chi connectivity index (χ1v) is 6.76. The first-order chi connectivity index (χ1) is 8.87. The van der Waals surface area contributed by atoms with Crippen molar-refractivity contribution in [1.29, 1.82) is 0 Å². The number of hydrogen-bond acceptors (Lipinski definition) is 4. The molecule has 1 aliphatic carbocycles. The van der Waals surface area contributed by atoms with Crippen molar-refractivity contribution in [1.82, 2.24) is 10.1 Å². The minimum absolute atomic E-state index is 0.0202. The Morgan fingerprint density at radius 3 is 2.68 bits per heavy atom. The Labute approximate surface area is 113 Å². The highest BCUT2D eigenvalue weighted by Gasteiger charge is 2.29. The summed E-state index contributed by atoms with van der Waals surface area (Å²) in [5, 5.41) is 12.3. The van der Waals surface area contributed by atoms with Crippen LogP contribution in [0.25, 0.3) is 0 Å². The summed E-state index contributed by atoms with van der Waals surface area (Å²) in [4.78, 5) is 13.0. The van der Waals surface area contributed by atoms with E-state index in [0.717, 1.165) is 0 Å². The highest BCUT2D eigenvalue weighted by molar-refractivity contribution is 5.85. The summed E-state index contributed by atoms with van der Waals surface area (Å²) in [6, 6.07) is 2.05. The van der Waals surface area contributed by atoms with Gasteiger partial charge >= 0.3 is 5.97 Å². The molecule has 0 aliphatic heterocycles. The van der Waals surface area contributed by atoms with E-state index in [-0.39, 0.29) is 5.69 Å². The minimum Gasteiger partial charge on any atom is -0.476 e. The molecule has 1 aromatic heterocycles. The molecule has 1 aliphatic rings. The van der Waals surface area contributed by atoms with Crippen LogP contribution >= 0.6 is 0 Å². The van der Waals surface area contributed by atoms with Crippen molar-refractivity contribution < 1.29 is 14.4 Å². The van der Waals surface area contributed by atoms with Crippen molar-refractivity contribution >= 4 is 5.97 Å². The van der Waals surface area contributed by atoms with Crippen LogP contribution in [0.1, 0.15) is 55.8 Å². The Morgan fingerprint density at radius 1 is 1.53 bits per heavy atom. The zero-order valence-electron chi connectivity index (χ0n) is 11.8. The standard InChI is InChI=1S/C14H22N2O3/c1-14(2)6-4-10(5-7-14)16(3)9-11-8-12(13(17)18)15-19-11/h8,10H,4-7,9H2,1-3H3,(H,17,18). The SMILES string of the molecule is CN(Cc1cc(C(=O)O)no1)C1CCC(C)(C)CC1. The number of carbonyl (C=O) groups is 1. The number of rotatable bonds is 4. The molecule has 0 atom stereocenters. The van der Waals surface area contributed by atoms with Crippen LogP contribution in [-0.2, 0) is 6.54 Å². The van der Waals surface area contributed by atoms with Crippen LogP contribution in [0.3, 0.4) is 0 Å². The molecule has 0 radical (unpaired) electrons. The molecular weight excluding hydrogens is 244 g/mol. The maximum atomic E-state index is 10.7. The van der Waals surface area contributed by atoms with Gasteiger partial charge in [-0.15, -0.1) is 0 Å². The molecule has 5 nitrogen and oxygen atoms in total. The second-order valence-electron chi connectivity index (χ2n) is 6.29. The summed E-state index contributed by atoms with van der Waals surface area (Å²) in [7, 11) is 2.06. The zero-order valence-corrected chi connectivity index (χ0v) is 11.8. The van der Waals surface area contributed by atoms with Crippen molar-refractivity contribution in [2.45, 2.75) is 52.1 Å². The molecule has 1 aromatic rings. The molecule has 0 bridgehead atoms. The van der Waals surface area contributed by atoms with E-state index in [1.807, 2.05) is 0 Å². The van der Waals surface area contributed by atoms with Gasteiger partial charge in [0.05, 0.1) is 6.54 Å². The summed E-state index contributed by atoms with van der Waals surface area (Å²) in [5.41, 5.74) is 0.438. The molecule has 1 saturated carbocycles. The van der Waals surface area contributed by atoms with E-state index in [9.17, 15) is 4.79 Å². The largest absolute Gasteiger partial charge is 0.476 e. The summed E-state index contributed by atoms with van der Waals surface area (Å²) in [6.45, 7) is 5.25. The molecular formula is C14H22N2O3. The van der Waals surface area contributed by atoms with Crippen molar-refractivity contribution in [2.75, 3.05) is 7.05 Å². The predicted octanol–water partition coefficient (Wildman–Crippen LogP) is 2.77. The van der Waals surface area contributed by atoms with Gasteiger partial charge < -0.3 is 9.63 Å². The van der Waals surface area contributed by atoms with Gasteiger partial charge in [-0.3, -0.25) is 4.90 Å². The van der Waals surface area contributed by atoms with Crippen LogP contribution in [0, 0.1) is 5.41 Å². The van der Waals surface area contributed by atoms with Crippen molar-refractivity contribution in [3.05, 3.63) is 17.5 Å². The van der Waals surface area contributed by atoms with E-state index in [2.05, 4.69) is 31.0 Å². The summed E-state index contributed by atoms with van der Waals surface area (Å²) in [6.07, 6.45) is 4.84. The van der Waals surface area contributed by atoms with Gasteiger partial charge in [-0.25, -0.2) is 4.79 Å². The molecule has 19 heavy (non-hydrogen) atoms. The Balaban J connectivity index is 1.90. The quantitative estimate of drug-likeness (QED) is 0.907. The van der Waals surface area contributed by atoms with Crippen LogP contribution < -0.4 is 0 Å². The molecule has 0 spiro atoms. The van der Waals surface area contributed by atoms with Gasteiger partial charge in [0, 0.05) is 12.1 Å². The average Bonchev–Trinajstić information content (AvgIpc) is 2.77. The molecule has 5 heteroatoms. The van der Waals surface area contributed by atoms with Gasteiger partial charge in [0.25, 0.3) is 0 Å². The van der Waals surface area contributed by atoms with Crippen LogP contribution in [0.5, 0.6) is 0 Å². The second-order valence-corrected chi connectivity index (χ2v) is 6.29. The summed E-state index contributed by atoms with van der Waals surface area (Å²) in [5.74, 6) is -0.429. The molecule has 1 heterocycles. The van der Waals surface area contributed by atoms with Gasteiger partial charge in [0.2, 0.25) is 0 Å². The van der Waals surface area contributed by atoms with E-state index in [1.165, 1.54) is 31.7 Å². The highest BCUT2D eigenvalue weighted by Crippen LogP contribution is 2.36. The zero-order chi connectivity index (χ0) is 14.0. The minimum atomic E-state index is -1.04. The Hall–Kier alpha value is -1.36. The lowest BCUT2D eigenvalue weighted by atomic mass is 9.75. The summed E-state index contributed by atoms with van der Waals surface area (Å²) < 4.78 is 5.06. The lowest BCUT2D eigenvalue weighted by Crippen LogP contribution is -2.36. The van der Waals surface area contributed by atoms with Crippen molar-refractivity contribution in [2.24, 2.45) is 5.41 Å². The fourth-order valence-electron chi connectivity index (χ4n) is 2.69. The number of hydrogen-bond donors (Lipinski definition) is 1. The molecule has 0 unspecified atom stereocenters. The lowest BCUT2D eigenvalue weighted by Gasteiger charge is -2.38. The van der Waals surface area contributed by atoms with E-state index < -0.39 is 5.97 Å². The molecule has 0 amide bonds. The van der Waals surface area contributed by atoms with Gasteiger partial charge in [-0.1, -0.05) is 19.0 Å². The third-order valence-corrected chi connectivity index (χ3v) is 4.12. The van der Waals surface area contributed by atoms with E-state index in [4.69, 9.17) is 9.63 Å². The predicted molar refractivity (Wildman–Crippen MR) is 71.0 cm³/mol. The topological polar surface area (TPSA) is 66.6 Å². The normalized spacial score (nSPS) is 19.8. The molecule has 2 rings (SSSR count). The van der Waals surface area contributed by atoms with Crippen LogP contribution in [0.2, 0.25) is 0 Å². The van der Waals surface area contributed by atoms with Crippen LogP contribution in [0.4, 0.5) is 0 Å². The smallest absolute Gasteiger partial charge is 0.358 e. The number of carboxylic acids is 1. The Kier molecular flexibility index (Phi) is 3.94. The maximum Gasteiger partial charge on any atom is 0.358 e. The maximum absolute atomic E-state index is 10.7. The second kappa shape index (κ2) is 5.33. The lowest BCUT2D eigenvalue weighted by molar-refractivity contribution is 0.0685. The van der Waals surface area contributed by atoms with Crippen molar-refractivity contribution in [3.63, 3.8) is 0 Å². The molecule has 0 aromatic carbocycles. The molecule has 0 saturated heterocycles. The van der Waals surface area contributed by atoms with E-state index in [1.54, 1.807) is 0 Å². The number of nitrogens with zero attached hydrogens (tertiary/aromatic N) is 2. The first kappa shape index (κ1) is 14.1. The molecule has 1 fully saturated rings. The number of aromatic nitrogens is 1. The Bertz CT molecular complexity index is 443. The van der Waals surface area contributed by atoms with E-state index in [0.29, 0.717) is 23.8 Å². The fraction of sp³-hybridized carbons (Fsp3) is 0.714. The van der Waals surface area contributed by atoms with Crippen molar-refractivity contribution in [3.8, 4) is 0 Å². The third-order valence-electron chi connectivity index (χ3n) is 4.12. The van der Waals surface area contributed by atoms with Gasteiger partial charge in [-0.2, -0.15) is 0 Å². The molecule has 1 N–H and O–H groups in total. The number of carboxylic acid groups (broad SMARTS) is 1. The molecule has 106 valence electrons. The highest BCUT2D eigenvalue weighted by atomic mass is 16.5. The Morgan fingerprint density at radius 2 is 2.16 bits per heavy atom.